The molecule has 1 aromatic carbocycles. The highest BCUT2D eigenvalue weighted by molar-refractivity contribution is 6.31. The van der Waals surface area contributed by atoms with Crippen molar-refractivity contribution in [3.63, 3.8) is 0 Å². The molecular formula is C11H15ClN2O3. The summed E-state index contributed by atoms with van der Waals surface area (Å²) in [6, 6.07) is 4.39. The minimum absolute atomic E-state index is 0.00597. The number of hydrogen-bond donors (Lipinski definition) is 2. The Morgan fingerprint density at radius 1 is 1.59 bits per heavy atom. The first-order valence-corrected chi connectivity index (χ1v) is 5.74. The first-order chi connectivity index (χ1) is 8.00. The first kappa shape index (κ1) is 13.7. The Hall–Kier alpha value is -1.33. The highest BCUT2D eigenvalue weighted by Crippen LogP contribution is 2.27. The molecule has 5 nitrogen and oxygen atoms in total. The van der Waals surface area contributed by atoms with Crippen LogP contribution in [0.2, 0.25) is 5.02 Å². The van der Waals surface area contributed by atoms with Gasteiger partial charge in [0, 0.05) is 17.6 Å². The van der Waals surface area contributed by atoms with Crippen molar-refractivity contribution in [1.29, 1.82) is 0 Å². The molecule has 17 heavy (non-hydrogen) atoms. The van der Waals surface area contributed by atoms with Crippen molar-refractivity contribution < 1.29 is 10.0 Å². The standard InChI is InChI=1S/C11H15ClN2O3/c1-8(15)3-2-6-13-10-7-9(12)4-5-11(10)14(16)17/h4-5,7-8,13,15H,2-3,6H2,1H3. The number of benzene rings is 1. The summed E-state index contributed by atoms with van der Waals surface area (Å²) >= 11 is 5.78. The molecule has 0 radical (unpaired) electrons. The number of nitro benzene ring substituents is 1. The number of nitrogens with one attached hydrogen (secondary N) is 1. The van der Waals surface area contributed by atoms with Crippen LogP contribution in [0.15, 0.2) is 18.2 Å². The quantitative estimate of drug-likeness (QED) is 0.467. The number of hydrogen-bond acceptors (Lipinski definition) is 4. The molecule has 0 aliphatic rings. The Labute approximate surface area is 105 Å². The molecule has 0 amide bonds. The van der Waals surface area contributed by atoms with Crippen molar-refractivity contribution in [1.82, 2.24) is 0 Å². The molecule has 0 heterocycles. The number of aliphatic hydroxyl groups excluding tert-OH is 1. The van der Waals surface area contributed by atoms with Crippen molar-refractivity contribution in [2.75, 3.05) is 11.9 Å². The average molecular weight is 259 g/mol. The molecule has 0 aliphatic carbocycles. The second-order valence-corrected chi connectivity index (χ2v) is 4.27. The molecule has 0 saturated heterocycles. The van der Waals surface area contributed by atoms with Crippen molar-refractivity contribution in [3.05, 3.63) is 33.3 Å². The minimum atomic E-state index is -0.451. The monoisotopic (exact) mass is 258 g/mol. The Kier molecular flexibility index (Phi) is 5.18. The second kappa shape index (κ2) is 6.42. The van der Waals surface area contributed by atoms with Crippen molar-refractivity contribution in [3.8, 4) is 0 Å². The van der Waals surface area contributed by atoms with E-state index in [1.54, 1.807) is 6.92 Å². The van der Waals surface area contributed by atoms with Crippen LogP contribution in [0.4, 0.5) is 11.4 Å². The minimum Gasteiger partial charge on any atom is -0.393 e. The zero-order valence-corrected chi connectivity index (χ0v) is 10.3. The third-order valence-corrected chi connectivity index (χ3v) is 2.50. The molecule has 0 bridgehead atoms. The van der Waals surface area contributed by atoms with E-state index in [4.69, 9.17) is 16.7 Å². The normalized spacial score (nSPS) is 12.2. The summed E-state index contributed by atoms with van der Waals surface area (Å²) in [6.07, 6.45) is 1.04. The van der Waals surface area contributed by atoms with Crippen LogP contribution in [0.5, 0.6) is 0 Å². The fraction of sp³-hybridized carbons (Fsp3) is 0.455. The van der Waals surface area contributed by atoms with Gasteiger partial charge in [0.15, 0.2) is 0 Å². The topological polar surface area (TPSA) is 75.4 Å². The Balaban J connectivity index is 2.62. The SMILES string of the molecule is CC(O)CCCNc1cc(Cl)ccc1[N+](=O)[O-]. The van der Waals surface area contributed by atoms with Crippen LogP contribution in [0, 0.1) is 10.1 Å². The molecule has 6 heteroatoms. The highest BCUT2D eigenvalue weighted by Gasteiger charge is 2.13. The number of anilines is 1. The van der Waals surface area contributed by atoms with E-state index in [1.807, 2.05) is 0 Å². The highest BCUT2D eigenvalue weighted by atomic mass is 35.5. The van der Waals surface area contributed by atoms with Crippen LogP contribution in [-0.4, -0.2) is 22.7 Å². The molecule has 0 fully saturated rings. The molecule has 0 saturated carbocycles. The predicted octanol–water partition coefficient (Wildman–Crippen LogP) is 2.82. The van der Waals surface area contributed by atoms with E-state index in [1.165, 1.54) is 18.2 Å². The maximum absolute atomic E-state index is 10.8. The van der Waals surface area contributed by atoms with Crippen LogP contribution < -0.4 is 5.32 Å². The molecule has 1 rings (SSSR count). The summed E-state index contributed by atoms with van der Waals surface area (Å²) in [5.74, 6) is 0. The maximum Gasteiger partial charge on any atom is 0.292 e. The Bertz CT molecular complexity index is 396. The molecule has 1 aromatic rings. The lowest BCUT2D eigenvalue weighted by Crippen LogP contribution is -2.07. The Morgan fingerprint density at radius 2 is 2.29 bits per heavy atom. The van der Waals surface area contributed by atoms with Crippen LogP contribution in [0.3, 0.4) is 0 Å². The molecule has 94 valence electrons. The van der Waals surface area contributed by atoms with Crippen molar-refractivity contribution in [2.24, 2.45) is 0 Å². The van der Waals surface area contributed by atoms with Gasteiger partial charge in [-0.1, -0.05) is 11.6 Å². The molecule has 1 atom stereocenters. The number of nitro groups is 1. The average Bonchev–Trinajstić information content (AvgIpc) is 2.23. The van der Waals surface area contributed by atoms with Gasteiger partial charge in [-0.3, -0.25) is 10.1 Å². The van der Waals surface area contributed by atoms with Gasteiger partial charge in [0.1, 0.15) is 5.69 Å². The summed E-state index contributed by atoms with van der Waals surface area (Å²) in [5.41, 5.74) is 0.416. The third-order valence-electron chi connectivity index (χ3n) is 2.27. The molecule has 0 aliphatic heterocycles. The molecule has 1 unspecified atom stereocenters. The number of aliphatic hydroxyl groups is 1. The van der Waals surface area contributed by atoms with Gasteiger partial charge in [-0.2, -0.15) is 0 Å². The van der Waals surface area contributed by atoms with E-state index in [-0.39, 0.29) is 11.8 Å². The first-order valence-electron chi connectivity index (χ1n) is 5.36. The Morgan fingerprint density at radius 3 is 2.88 bits per heavy atom. The van der Waals surface area contributed by atoms with Crippen LogP contribution in [0.25, 0.3) is 0 Å². The summed E-state index contributed by atoms with van der Waals surface area (Å²) < 4.78 is 0. The van der Waals surface area contributed by atoms with E-state index < -0.39 is 4.92 Å². The van der Waals surface area contributed by atoms with Crippen molar-refractivity contribution >= 4 is 23.0 Å². The van der Waals surface area contributed by atoms with Gasteiger partial charge < -0.3 is 10.4 Å². The van der Waals surface area contributed by atoms with E-state index in [9.17, 15) is 10.1 Å². The summed E-state index contributed by atoms with van der Waals surface area (Å²) in [6.45, 7) is 2.27. The van der Waals surface area contributed by atoms with E-state index >= 15 is 0 Å². The smallest absolute Gasteiger partial charge is 0.292 e. The lowest BCUT2D eigenvalue weighted by atomic mass is 10.2. The zero-order valence-electron chi connectivity index (χ0n) is 9.52. The van der Waals surface area contributed by atoms with Gasteiger partial charge in [0.2, 0.25) is 0 Å². The zero-order chi connectivity index (χ0) is 12.8. The van der Waals surface area contributed by atoms with Gasteiger partial charge in [-0.15, -0.1) is 0 Å². The molecule has 0 spiro atoms. The fourth-order valence-electron chi connectivity index (χ4n) is 1.43. The summed E-state index contributed by atoms with van der Waals surface area (Å²) in [5, 5.41) is 23.2. The van der Waals surface area contributed by atoms with Gasteiger partial charge in [0.05, 0.1) is 11.0 Å². The third kappa shape index (κ3) is 4.58. The van der Waals surface area contributed by atoms with Crippen LogP contribution in [0.1, 0.15) is 19.8 Å². The lowest BCUT2D eigenvalue weighted by molar-refractivity contribution is -0.384. The molecule has 0 aromatic heterocycles. The van der Waals surface area contributed by atoms with Gasteiger partial charge >= 0.3 is 0 Å². The molecular weight excluding hydrogens is 244 g/mol. The van der Waals surface area contributed by atoms with Crippen LogP contribution in [-0.2, 0) is 0 Å². The van der Waals surface area contributed by atoms with Gasteiger partial charge in [-0.25, -0.2) is 0 Å². The van der Waals surface area contributed by atoms with E-state index in [0.29, 0.717) is 23.7 Å². The predicted molar refractivity (Wildman–Crippen MR) is 67.5 cm³/mol. The number of nitrogens with zero attached hydrogens (tertiary/aromatic N) is 1. The van der Waals surface area contributed by atoms with Crippen molar-refractivity contribution in [2.45, 2.75) is 25.9 Å². The van der Waals surface area contributed by atoms with Gasteiger partial charge in [-0.05, 0) is 31.9 Å². The lowest BCUT2D eigenvalue weighted by Gasteiger charge is -2.08. The van der Waals surface area contributed by atoms with E-state index in [2.05, 4.69) is 5.32 Å². The largest absolute Gasteiger partial charge is 0.393 e. The fourth-order valence-corrected chi connectivity index (χ4v) is 1.60. The number of halogens is 1. The summed E-state index contributed by atoms with van der Waals surface area (Å²) in [4.78, 5) is 10.3. The second-order valence-electron chi connectivity index (χ2n) is 3.84. The molecule has 2 N–H and O–H groups in total. The van der Waals surface area contributed by atoms with E-state index in [0.717, 1.165) is 6.42 Å². The van der Waals surface area contributed by atoms with Crippen LogP contribution >= 0.6 is 11.6 Å². The summed E-state index contributed by atoms with van der Waals surface area (Å²) in [7, 11) is 0. The van der Waals surface area contributed by atoms with Gasteiger partial charge in [0.25, 0.3) is 5.69 Å². The maximum atomic E-state index is 10.8. The number of rotatable bonds is 6.